The van der Waals surface area contributed by atoms with Crippen LogP contribution in [0.4, 0.5) is 10.6 Å². The number of carbonyl (C=O) groups is 2. The molecule has 1 N–H and O–H groups in total. The van der Waals surface area contributed by atoms with E-state index in [1.54, 1.807) is 23.2 Å². The summed E-state index contributed by atoms with van der Waals surface area (Å²) < 4.78 is 5.32. The van der Waals surface area contributed by atoms with Crippen molar-refractivity contribution >= 4 is 17.8 Å². The van der Waals surface area contributed by atoms with Gasteiger partial charge in [-0.1, -0.05) is 50.6 Å². The molecule has 32 heavy (non-hydrogen) atoms. The number of nitrogens with one attached hydrogen (secondary N) is 1. The average molecular weight is 436 g/mol. The Bertz CT molecular complexity index is 952. The lowest BCUT2D eigenvalue weighted by atomic mass is 9.97. The van der Waals surface area contributed by atoms with E-state index in [0.29, 0.717) is 37.6 Å². The molecular formula is C24H29N5O3. The van der Waals surface area contributed by atoms with Gasteiger partial charge in [-0.3, -0.25) is 4.79 Å². The number of anilines is 1. The SMILES string of the molecule is CC[C@H](C)[C@H](NC(=O)OCc1ccccc1)C(=O)N1CCN(c2ncccc2C#N)CC1. The molecule has 8 heteroatoms. The molecule has 2 amide bonds. The zero-order chi connectivity index (χ0) is 22.9. The van der Waals surface area contributed by atoms with Crippen LogP contribution in [-0.2, 0) is 16.1 Å². The van der Waals surface area contributed by atoms with Crippen molar-refractivity contribution in [3.05, 3.63) is 59.8 Å². The summed E-state index contributed by atoms with van der Waals surface area (Å²) in [6.07, 6.45) is 1.81. The second-order valence-electron chi connectivity index (χ2n) is 7.87. The number of hydrogen-bond donors (Lipinski definition) is 1. The van der Waals surface area contributed by atoms with Crippen LogP contribution in [0.3, 0.4) is 0 Å². The van der Waals surface area contributed by atoms with Gasteiger partial charge >= 0.3 is 6.09 Å². The predicted molar refractivity (Wildman–Crippen MR) is 121 cm³/mol. The highest BCUT2D eigenvalue weighted by Gasteiger charge is 2.32. The number of aromatic nitrogens is 1. The van der Waals surface area contributed by atoms with Crippen LogP contribution in [0, 0.1) is 17.2 Å². The second-order valence-corrected chi connectivity index (χ2v) is 7.87. The van der Waals surface area contributed by atoms with E-state index in [4.69, 9.17) is 4.74 Å². The Hall–Kier alpha value is -3.60. The zero-order valence-corrected chi connectivity index (χ0v) is 18.5. The molecule has 0 bridgehead atoms. The normalized spacial score (nSPS) is 15.4. The Morgan fingerprint density at radius 2 is 1.88 bits per heavy atom. The van der Waals surface area contributed by atoms with Gasteiger partial charge in [0, 0.05) is 32.4 Å². The van der Waals surface area contributed by atoms with Crippen molar-refractivity contribution in [2.75, 3.05) is 31.1 Å². The van der Waals surface area contributed by atoms with E-state index < -0.39 is 12.1 Å². The Kier molecular flexibility index (Phi) is 8.03. The lowest BCUT2D eigenvalue weighted by Crippen LogP contribution is -2.57. The number of ether oxygens (including phenoxy) is 1. The number of piperazine rings is 1. The maximum Gasteiger partial charge on any atom is 0.408 e. The smallest absolute Gasteiger partial charge is 0.408 e. The number of amides is 2. The van der Waals surface area contributed by atoms with Crippen LogP contribution in [0.5, 0.6) is 0 Å². The first-order valence-corrected chi connectivity index (χ1v) is 10.9. The minimum Gasteiger partial charge on any atom is -0.445 e. The predicted octanol–water partition coefficient (Wildman–Crippen LogP) is 2.94. The number of rotatable bonds is 7. The van der Waals surface area contributed by atoms with E-state index in [9.17, 15) is 14.9 Å². The number of carbonyl (C=O) groups excluding carboxylic acids is 2. The largest absolute Gasteiger partial charge is 0.445 e. The van der Waals surface area contributed by atoms with Gasteiger partial charge in [0.1, 0.15) is 24.5 Å². The summed E-state index contributed by atoms with van der Waals surface area (Å²) in [7, 11) is 0. The lowest BCUT2D eigenvalue weighted by Gasteiger charge is -2.38. The summed E-state index contributed by atoms with van der Waals surface area (Å²) in [4.78, 5) is 33.7. The highest BCUT2D eigenvalue weighted by Crippen LogP contribution is 2.19. The maximum atomic E-state index is 13.2. The van der Waals surface area contributed by atoms with E-state index in [2.05, 4.69) is 16.4 Å². The summed E-state index contributed by atoms with van der Waals surface area (Å²) in [5.74, 6) is 0.492. The van der Waals surface area contributed by atoms with E-state index >= 15 is 0 Å². The van der Waals surface area contributed by atoms with Crippen molar-refractivity contribution in [3.63, 3.8) is 0 Å². The first-order valence-electron chi connectivity index (χ1n) is 10.9. The third-order valence-corrected chi connectivity index (χ3v) is 5.76. The number of pyridine rings is 1. The summed E-state index contributed by atoms with van der Waals surface area (Å²) in [5.41, 5.74) is 1.41. The third kappa shape index (κ3) is 5.76. The van der Waals surface area contributed by atoms with Gasteiger partial charge in [-0.15, -0.1) is 0 Å². The molecule has 1 aliphatic rings. The van der Waals surface area contributed by atoms with Crippen LogP contribution in [-0.4, -0.2) is 54.1 Å². The van der Waals surface area contributed by atoms with Crippen LogP contribution < -0.4 is 10.2 Å². The molecule has 0 saturated carbocycles. The first-order chi connectivity index (χ1) is 15.5. The number of hydrogen-bond acceptors (Lipinski definition) is 6. The molecule has 8 nitrogen and oxygen atoms in total. The van der Waals surface area contributed by atoms with Crippen molar-refractivity contribution in [3.8, 4) is 6.07 Å². The molecule has 1 aromatic heterocycles. The van der Waals surface area contributed by atoms with Crippen LogP contribution in [0.2, 0.25) is 0 Å². The first kappa shape index (κ1) is 23.1. The van der Waals surface area contributed by atoms with Crippen molar-refractivity contribution in [2.45, 2.75) is 32.9 Å². The molecule has 168 valence electrons. The minimum absolute atomic E-state index is 0.0363. The van der Waals surface area contributed by atoms with Gasteiger partial charge in [0.15, 0.2) is 0 Å². The van der Waals surface area contributed by atoms with Crippen LogP contribution in [0.25, 0.3) is 0 Å². The summed E-state index contributed by atoms with van der Waals surface area (Å²) in [6.45, 7) is 6.22. The lowest BCUT2D eigenvalue weighted by molar-refractivity contribution is -0.135. The summed E-state index contributed by atoms with van der Waals surface area (Å²) in [5, 5.41) is 12.1. The van der Waals surface area contributed by atoms with E-state index in [1.165, 1.54) is 0 Å². The number of nitriles is 1. The second kappa shape index (κ2) is 11.1. The van der Waals surface area contributed by atoms with Crippen molar-refractivity contribution in [1.29, 1.82) is 5.26 Å². The third-order valence-electron chi connectivity index (χ3n) is 5.76. The molecule has 2 heterocycles. The molecule has 3 rings (SSSR count). The van der Waals surface area contributed by atoms with Gasteiger partial charge in [-0.25, -0.2) is 9.78 Å². The van der Waals surface area contributed by atoms with Crippen molar-refractivity contribution in [2.24, 2.45) is 5.92 Å². The molecular weight excluding hydrogens is 406 g/mol. The molecule has 2 atom stereocenters. The Morgan fingerprint density at radius 3 is 2.53 bits per heavy atom. The molecule has 1 aliphatic heterocycles. The van der Waals surface area contributed by atoms with Gasteiger partial charge in [0.2, 0.25) is 5.91 Å². The fourth-order valence-electron chi connectivity index (χ4n) is 3.65. The van der Waals surface area contributed by atoms with Crippen LogP contribution in [0.15, 0.2) is 48.7 Å². The van der Waals surface area contributed by atoms with E-state index in [0.717, 1.165) is 12.0 Å². The molecule has 0 unspecified atom stereocenters. The highest BCUT2D eigenvalue weighted by atomic mass is 16.5. The van der Waals surface area contributed by atoms with Gasteiger partial charge < -0.3 is 19.9 Å². The number of alkyl carbamates (subject to hydrolysis) is 1. The number of benzene rings is 1. The van der Waals surface area contributed by atoms with Gasteiger partial charge in [-0.05, 0) is 23.6 Å². The highest BCUT2D eigenvalue weighted by molar-refractivity contribution is 5.86. The summed E-state index contributed by atoms with van der Waals surface area (Å²) >= 11 is 0. The Balaban J connectivity index is 1.59. The molecule has 1 saturated heterocycles. The average Bonchev–Trinajstić information content (AvgIpc) is 2.85. The minimum atomic E-state index is -0.653. The topological polar surface area (TPSA) is 98.6 Å². The molecule has 1 aromatic carbocycles. The zero-order valence-electron chi connectivity index (χ0n) is 18.5. The molecule has 1 fully saturated rings. The van der Waals surface area contributed by atoms with Crippen molar-refractivity contribution in [1.82, 2.24) is 15.2 Å². The van der Waals surface area contributed by atoms with Crippen molar-refractivity contribution < 1.29 is 14.3 Å². The Labute approximate surface area is 188 Å². The standard InChI is InChI=1S/C24H29N5O3/c1-3-18(2)21(27-24(31)32-17-19-8-5-4-6-9-19)23(30)29-14-12-28(13-15-29)22-20(16-25)10-7-11-26-22/h4-11,18,21H,3,12-15,17H2,1-2H3,(H,27,31)/t18-,21-/m0/s1. The monoisotopic (exact) mass is 435 g/mol. The van der Waals surface area contributed by atoms with Gasteiger partial charge in [-0.2, -0.15) is 5.26 Å². The molecule has 0 spiro atoms. The fraction of sp³-hybridized carbons (Fsp3) is 0.417. The van der Waals surface area contributed by atoms with Gasteiger partial charge in [0.25, 0.3) is 0 Å². The molecule has 0 aliphatic carbocycles. The fourth-order valence-corrected chi connectivity index (χ4v) is 3.65. The molecule has 2 aromatic rings. The Morgan fingerprint density at radius 1 is 1.16 bits per heavy atom. The van der Waals surface area contributed by atoms with Crippen LogP contribution in [0.1, 0.15) is 31.4 Å². The van der Waals surface area contributed by atoms with Gasteiger partial charge in [0.05, 0.1) is 5.56 Å². The van der Waals surface area contributed by atoms with Crippen LogP contribution >= 0.6 is 0 Å². The summed E-state index contributed by atoms with van der Waals surface area (Å²) in [6, 6.07) is 14.4. The number of nitrogens with zero attached hydrogens (tertiary/aromatic N) is 4. The van der Waals surface area contributed by atoms with E-state index in [-0.39, 0.29) is 18.4 Å². The maximum absolute atomic E-state index is 13.2. The quantitative estimate of drug-likeness (QED) is 0.718. The molecule has 0 radical (unpaired) electrons. The van der Waals surface area contributed by atoms with E-state index in [1.807, 2.05) is 49.1 Å².